The Kier molecular flexibility index (Phi) is 4.61. The van der Waals surface area contributed by atoms with E-state index >= 15 is 0 Å². The van der Waals surface area contributed by atoms with E-state index in [0.717, 1.165) is 11.1 Å². The van der Waals surface area contributed by atoms with Gasteiger partial charge in [0.15, 0.2) is 0 Å². The highest BCUT2D eigenvalue weighted by atomic mass is 79.9. The van der Waals surface area contributed by atoms with Crippen LogP contribution in [0.5, 0.6) is 0 Å². The molecule has 1 aromatic rings. The van der Waals surface area contributed by atoms with Crippen molar-refractivity contribution in [3.8, 4) is 0 Å². The van der Waals surface area contributed by atoms with E-state index < -0.39 is 13.9 Å². The smallest absolute Gasteiger partial charge is 0.302 e. The molecular weight excluding hydrogens is 399 g/mol. The first-order chi connectivity index (χ1) is 8.71. The van der Waals surface area contributed by atoms with Gasteiger partial charge in [-0.15, -0.1) is 0 Å². The molecule has 0 radical (unpaired) electrons. The van der Waals surface area contributed by atoms with Crippen LogP contribution in [0.25, 0.3) is 0 Å². The van der Waals surface area contributed by atoms with Crippen molar-refractivity contribution in [2.75, 3.05) is 6.61 Å². The Hall–Kier alpha value is 0.290. The summed E-state index contributed by atoms with van der Waals surface area (Å²) in [6.45, 7) is 4.08. The lowest BCUT2D eigenvalue weighted by atomic mass is 9.83. The van der Waals surface area contributed by atoms with Crippen LogP contribution in [-0.4, -0.2) is 11.5 Å². The summed E-state index contributed by atoms with van der Waals surface area (Å²) in [4.78, 5) is 9.48. The van der Waals surface area contributed by atoms with E-state index in [-0.39, 0.29) is 15.8 Å². The third-order valence-electron chi connectivity index (χ3n) is 3.04. The summed E-state index contributed by atoms with van der Waals surface area (Å²) in [5.41, 5.74) is 1.58. The first kappa shape index (κ1) is 15.7. The molecule has 1 saturated heterocycles. The van der Waals surface area contributed by atoms with Crippen LogP contribution in [0.2, 0.25) is 0 Å². The van der Waals surface area contributed by atoms with Gasteiger partial charge in [-0.3, -0.25) is 9.05 Å². The summed E-state index contributed by atoms with van der Waals surface area (Å²) in [6, 6.07) is 7.70. The summed E-state index contributed by atoms with van der Waals surface area (Å²) in [6.07, 6.45) is -0.463. The molecule has 1 N–H and O–H groups in total. The Balaban J connectivity index is 2.30. The van der Waals surface area contributed by atoms with Gasteiger partial charge in [-0.25, -0.2) is 4.57 Å². The first-order valence-corrected chi connectivity index (χ1v) is 9.08. The van der Waals surface area contributed by atoms with Crippen molar-refractivity contribution in [2.45, 2.75) is 23.7 Å². The zero-order valence-corrected chi connectivity index (χ0v) is 14.6. The lowest BCUT2D eigenvalue weighted by Crippen LogP contribution is -2.33. The number of hydrogen-bond acceptors (Lipinski definition) is 3. The van der Waals surface area contributed by atoms with Gasteiger partial charge in [0, 0.05) is 5.41 Å². The second kappa shape index (κ2) is 5.58. The fraction of sp³-hybridized carbons (Fsp3) is 0.500. The SMILES string of the molecule is CC1(C)COP(=O)(O)OC1c1ccc(C(Br)Br)cc1. The molecule has 0 aliphatic carbocycles. The lowest BCUT2D eigenvalue weighted by molar-refractivity contribution is -0.0472. The highest BCUT2D eigenvalue weighted by Gasteiger charge is 2.44. The predicted molar refractivity (Wildman–Crippen MR) is 80.4 cm³/mol. The number of rotatable bonds is 2. The van der Waals surface area contributed by atoms with Gasteiger partial charge in [0.2, 0.25) is 0 Å². The predicted octanol–water partition coefficient (Wildman–Crippen LogP) is 4.69. The molecule has 0 amide bonds. The summed E-state index contributed by atoms with van der Waals surface area (Å²) >= 11 is 6.85. The summed E-state index contributed by atoms with van der Waals surface area (Å²) < 4.78 is 21.8. The van der Waals surface area contributed by atoms with Crippen LogP contribution in [0.1, 0.15) is 34.8 Å². The van der Waals surface area contributed by atoms with E-state index in [1.165, 1.54) is 0 Å². The maximum Gasteiger partial charge on any atom is 0.472 e. The van der Waals surface area contributed by atoms with Crippen LogP contribution in [0, 0.1) is 5.41 Å². The molecule has 0 spiro atoms. The van der Waals surface area contributed by atoms with Crippen LogP contribution >= 0.6 is 39.7 Å². The quantitative estimate of drug-likeness (QED) is 0.564. The van der Waals surface area contributed by atoms with Crippen LogP contribution in [0.3, 0.4) is 0 Å². The van der Waals surface area contributed by atoms with Crippen molar-refractivity contribution in [2.24, 2.45) is 5.41 Å². The topological polar surface area (TPSA) is 55.8 Å². The van der Waals surface area contributed by atoms with Crippen molar-refractivity contribution < 1.29 is 18.5 Å². The molecule has 106 valence electrons. The molecule has 7 heteroatoms. The van der Waals surface area contributed by atoms with Crippen molar-refractivity contribution in [1.29, 1.82) is 0 Å². The van der Waals surface area contributed by atoms with Gasteiger partial charge in [-0.05, 0) is 11.1 Å². The fourth-order valence-corrected chi connectivity index (χ4v) is 3.80. The van der Waals surface area contributed by atoms with Crippen LogP contribution in [0.15, 0.2) is 24.3 Å². The number of phosphoric acid groups is 1. The highest BCUT2D eigenvalue weighted by Crippen LogP contribution is 2.58. The molecule has 19 heavy (non-hydrogen) atoms. The zero-order valence-electron chi connectivity index (χ0n) is 10.5. The standard InChI is InChI=1S/C12H15Br2O4P/c1-12(2)7-17-19(15,16)18-10(12)8-3-5-9(6-4-8)11(13)14/h3-6,10-11H,7H2,1-2H3,(H,15,16). The Morgan fingerprint density at radius 2 is 1.95 bits per heavy atom. The summed E-state index contributed by atoms with van der Waals surface area (Å²) in [5, 5.41) is 0. The van der Waals surface area contributed by atoms with E-state index in [0.29, 0.717) is 0 Å². The number of alkyl halides is 2. The van der Waals surface area contributed by atoms with Crippen molar-refractivity contribution in [3.63, 3.8) is 0 Å². The number of halogens is 2. The summed E-state index contributed by atoms with van der Waals surface area (Å²) in [7, 11) is -3.94. The van der Waals surface area contributed by atoms with Gasteiger partial charge in [0.1, 0.15) is 6.10 Å². The normalized spacial score (nSPS) is 30.5. The Morgan fingerprint density at radius 1 is 1.37 bits per heavy atom. The van der Waals surface area contributed by atoms with Gasteiger partial charge < -0.3 is 4.89 Å². The van der Waals surface area contributed by atoms with Gasteiger partial charge in [-0.1, -0.05) is 70.0 Å². The number of hydrogen-bond donors (Lipinski definition) is 1. The fourth-order valence-electron chi connectivity index (χ4n) is 1.96. The monoisotopic (exact) mass is 412 g/mol. The molecular formula is C12H15Br2O4P. The Bertz CT molecular complexity index is 501. The van der Waals surface area contributed by atoms with Crippen molar-refractivity contribution >= 4 is 39.7 Å². The van der Waals surface area contributed by atoms with E-state index in [2.05, 4.69) is 31.9 Å². The molecule has 1 fully saturated rings. The van der Waals surface area contributed by atoms with Gasteiger partial charge in [0.05, 0.1) is 10.3 Å². The van der Waals surface area contributed by atoms with E-state index in [4.69, 9.17) is 9.05 Å². The average molecular weight is 414 g/mol. The van der Waals surface area contributed by atoms with E-state index in [1.807, 2.05) is 38.1 Å². The van der Waals surface area contributed by atoms with Crippen molar-refractivity contribution in [1.82, 2.24) is 0 Å². The Labute approximate surface area is 129 Å². The maximum atomic E-state index is 11.6. The molecule has 4 nitrogen and oxygen atoms in total. The minimum atomic E-state index is -3.94. The molecule has 0 bridgehead atoms. The molecule has 2 unspecified atom stereocenters. The molecule has 1 heterocycles. The average Bonchev–Trinajstić information content (AvgIpc) is 2.33. The van der Waals surface area contributed by atoms with Gasteiger partial charge >= 0.3 is 7.82 Å². The van der Waals surface area contributed by atoms with Gasteiger partial charge in [-0.2, -0.15) is 0 Å². The third kappa shape index (κ3) is 3.69. The number of phosphoric ester groups is 1. The zero-order chi connectivity index (χ0) is 14.3. The van der Waals surface area contributed by atoms with E-state index in [9.17, 15) is 9.46 Å². The molecule has 0 aromatic heterocycles. The van der Waals surface area contributed by atoms with E-state index in [1.54, 1.807) is 0 Å². The molecule has 2 atom stereocenters. The molecule has 1 aliphatic heterocycles. The molecule has 1 aromatic carbocycles. The second-order valence-electron chi connectivity index (χ2n) is 5.18. The largest absolute Gasteiger partial charge is 0.472 e. The van der Waals surface area contributed by atoms with Crippen LogP contribution < -0.4 is 0 Å². The highest BCUT2D eigenvalue weighted by molar-refractivity contribution is 9.24. The Morgan fingerprint density at radius 3 is 2.47 bits per heavy atom. The second-order valence-corrected chi connectivity index (χ2v) is 9.65. The minimum absolute atomic E-state index is 0.0848. The maximum absolute atomic E-state index is 11.6. The molecule has 2 rings (SSSR count). The first-order valence-electron chi connectivity index (χ1n) is 5.75. The lowest BCUT2D eigenvalue weighted by Gasteiger charge is -2.39. The van der Waals surface area contributed by atoms with Gasteiger partial charge in [0.25, 0.3) is 0 Å². The summed E-state index contributed by atoms with van der Waals surface area (Å²) in [5.74, 6) is 0. The minimum Gasteiger partial charge on any atom is -0.302 e. The third-order valence-corrected chi connectivity index (χ3v) is 5.03. The molecule has 0 saturated carbocycles. The molecule has 1 aliphatic rings. The van der Waals surface area contributed by atoms with Crippen LogP contribution in [0.4, 0.5) is 0 Å². The number of benzene rings is 1. The van der Waals surface area contributed by atoms with Crippen LogP contribution in [-0.2, 0) is 13.6 Å². The van der Waals surface area contributed by atoms with Crippen molar-refractivity contribution in [3.05, 3.63) is 35.4 Å².